The second-order valence-corrected chi connectivity index (χ2v) is 16.9. The number of rotatable bonds is 6. The van der Waals surface area contributed by atoms with Gasteiger partial charge < -0.3 is 14.2 Å². The molecule has 2 aliphatic rings. The number of anilines is 3. The van der Waals surface area contributed by atoms with Crippen LogP contribution in [0.2, 0.25) is 0 Å². The normalized spacial score (nSPS) is 14.6. The largest absolute Gasteiger partial charge is 0.484 e. The van der Waals surface area contributed by atoms with Gasteiger partial charge in [0.25, 0.3) is 0 Å². The molecule has 0 spiro atoms. The fourth-order valence-electron chi connectivity index (χ4n) is 8.85. The molecule has 12 rings (SSSR count). The third-order valence-corrected chi connectivity index (χ3v) is 14.0. The van der Waals surface area contributed by atoms with Crippen LogP contribution in [0, 0.1) is 0 Å². The molecule has 0 radical (unpaired) electrons. The summed E-state index contributed by atoms with van der Waals surface area (Å²) < 4.78 is 14.4. The second kappa shape index (κ2) is 13.0. The van der Waals surface area contributed by atoms with Crippen molar-refractivity contribution in [2.75, 3.05) is 4.90 Å². The van der Waals surface area contributed by atoms with Crippen molar-refractivity contribution in [3.8, 4) is 33.7 Å². The zero-order valence-corrected chi connectivity index (χ0v) is 32.4. The van der Waals surface area contributed by atoms with Crippen LogP contribution in [0.15, 0.2) is 188 Å². The van der Waals surface area contributed by atoms with Gasteiger partial charge in [0.1, 0.15) is 11.9 Å². The Hall–Kier alpha value is -6.66. The molecule has 0 fully saturated rings. The Balaban J connectivity index is 0.980. The van der Waals surface area contributed by atoms with Crippen LogP contribution in [0.5, 0.6) is 5.75 Å². The number of benzene rings is 7. The van der Waals surface area contributed by atoms with Crippen molar-refractivity contribution < 1.29 is 4.74 Å². The molecule has 0 bridgehead atoms. The van der Waals surface area contributed by atoms with E-state index in [9.17, 15) is 0 Å². The van der Waals surface area contributed by atoms with Gasteiger partial charge in [0.05, 0.1) is 20.4 Å². The summed E-state index contributed by atoms with van der Waals surface area (Å²) in [5, 5.41) is 2.60. The van der Waals surface area contributed by atoms with Gasteiger partial charge in [-0.1, -0.05) is 127 Å². The van der Waals surface area contributed by atoms with E-state index in [1.165, 1.54) is 62.9 Å². The van der Waals surface area contributed by atoms with Gasteiger partial charge in [-0.15, -0.1) is 22.7 Å². The van der Waals surface area contributed by atoms with Crippen LogP contribution in [-0.4, -0.2) is 10.7 Å². The van der Waals surface area contributed by atoms with E-state index in [0.717, 1.165) is 46.0 Å². The lowest BCUT2D eigenvalue weighted by Crippen LogP contribution is -2.12. The van der Waals surface area contributed by atoms with Crippen molar-refractivity contribution in [3.63, 3.8) is 0 Å². The highest BCUT2D eigenvalue weighted by Crippen LogP contribution is 2.49. The maximum atomic E-state index is 6.56. The summed E-state index contributed by atoms with van der Waals surface area (Å²) in [4.78, 5) is 2.36. The molecule has 7 aromatic carbocycles. The Bertz CT molecular complexity index is 3130. The van der Waals surface area contributed by atoms with Gasteiger partial charge in [-0.2, -0.15) is 0 Å². The van der Waals surface area contributed by atoms with Crippen LogP contribution in [-0.2, 0) is 0 Å². The number of fused-ring (bicyclic) bond motifs is 10. The first-order valence-electron chi connectivity index (χ1n) is 19.4. The van der Waals surface area contributed by atoms with Gasteiger partial charge in [-0.05, 0) is 77.4 Å². The van der Waals surface area contributed by atoms with E-state index in [0.29, 0.717) is 0 Å². The van der Waals surface area contributed by atoms with Crippen molar-refractivity contribution >= 4 is 85.9 Å². The molecular weight excluding hydrogens is 733 g/mol. The predicted molar refractivity (Wildman–Crippen MR) is 243 cm³/mol. The summed E-state index contributed by atoms with van der Waals surface area (Å²) in [5.74, 6) is 0.985. The second-order valence-electron chi connectivity index (χ2n) is 14.8. The molecule has 4 heterocycles. The molecule has 270 valence electrons. The number of ether oxygens (including phenoxy) is 1. The Kier molecular flexibility index (Phi) is 7.40. The summed E-state index contributed by atoms with van der Waals surface area (Å²) in [6.45, 7) is 0. The topological polar surface area (TPSA) is 17.4 Å². The highest BCUT2D eigenvalue weighted by atomic mass is 32.1. The molecule has 1 aliphatic carbocycles. The number of thiophene rings is 2. The molecule has 1 aliphatic heterocycles. The first-order chi connectivity index (χ1) is 28.3. The Morgan fingerprint density at radius 1 is 0.509 bits per heavy atom. The van der Waals surface area contributed by atoms with E-state index >= 15 is 0 Å². The molecule has 0 saturated carbocycles. The highest BCUT2D eigenvalue weighted by molar-refractivity contribution is 7.33. The molecule has 0 saturated heterocycles. The Morgan fingerprint density at radius 2 is 1.05 bits per heavy atom. The lowest BCUT2D eigenvalue weighted by Gasteiger charge is -2.26. The standard InChI is InChI=1S/C52H34N2OS2/c1-2-11-33(12-3-1)34-21-25-36(26-22-34)53(37-27-23-35(24-28-37)40-16-10-17-42-41-13-4-7-18-45(41)55-50(40)42)38-29-31-39(32-30-38)54-48-43-14-5-8-19-46(43)56-51(48)52-49(54)44-15-6-9-20-47(44)57-52/h1-17,19-32,45H,18H2. The minimum absolute atomic E-state index is 0.0957. The van der Waals surface area contributed by atoms with Crippen LogP contribution >= 0.6 is 22.7 Å². The smallest absolute Gasteiger partial charge is 0.135 e. The van der Waals surface area contributed by atoms with Gasteiger partial charge in [0.15, 0.2) is 0 Å². The third kappa shape index (κ3) is 5.16. The van der Waals surface area contributed by atoms with E-state index in [2.05, 4.69) is 198 Å². The van der Waals surface area contributed by atoms with Crippen LogP contribution in [0.4, 0.5) is 17.1 Å². The van der Waals surface area contributed by atoms with Crippen molar-refractivity contribution in [1.82, 2.24) is 4.57 Å². The van der Waals surface area contributed by atoms with Crippen LogP contribution in [0.3, 0.4) is 0 Å². The molecule has 10 aromatic rings. The van der Waals surface area contributed by atoms with Gasteiger partial charge >= 0.3 is 0 Å². The van der Waals surface area contributed by atoms with Gasteiger partial charge in [-0.25, -0.2) is 0 Å². The Morgan fingerprint density at radius 3 is 1.70 bits per heavy atom. The SMILES string of the molecule is C1=CCC2Oc3c(cccc3-c3ccc(N(c4ccc(-c5ccccc5)cc4)c4ccc(-n5c6c7ccccc7sc6c6sc7ccccc7c65)cc4)cc3)C2=C1. The molecule has 1 atom stereocenters. The first kappa shape index (κ1) is 32.6. The van der Waals surface area contributed by atoms with Gasteiger partial charge in [0, 0.05) is 66.0 Å². The summed E-state index contributed by atoms with van der Waals surface area (Å²) in [5.41, 5.74) is 14.2. The molecule has 57 heavy (non-hydrogen) atoms. The summed E-state index contributed by atoms with van der Waals surface area (Å²) >= 11 is 3.81. The number of allylic oxidation sites excluding steroid dienone is 2. The van der Waals surface area contributed by atoms with Gasteiger partial charge in [0.2, 0.25) is 0 Å². The summed E-state index contributed by atoms with van der Waals surface area (Å²) in [7, 11) is 0. The monoisotopic (exact) mass is 766 g/mol. The van der Waals surface area contributed by atoms with Crippen molar-refractivity contribution in [2.24, 2.45) is 0 Å². The summed E-state index contributed by atoms with van der Waals surface area (Å²) in [6, 6.07) is 61.8. The zero-order chi connectivity index (χ0) is 37.5. The maximum absolute atomic E-state index is 6.56. The molecule has 5 heteroatoms. The minimum Gasteiger partial charge on any atom is -0.484 e. The lowest BCUT2D eigenvalue weighted by atomic mass is 9.94. The van der Waals surface area contributed by atoms with Crippen molar-refractivity contribution in [3.05, 3.63) is 194 Å². The van der Waals surface area contributed by atoms with Gasteiger partial charge in [-0.3, -0.25) is 0 Å². The fourth-order valence-corrected chi connectivity index (χ4v) is 11.4. The van der Waals surface area contributed by atoms with Crippen LogP contribution in [0.1, 0.15) is 12.0 Å². The van der Waals surface area contributed by atoms with Crippen molar-refractivity contribution in [1.29, 1.82) is 0 Å². The number of aromatic nitrogens is 1. The molecule has 1 unspecified atom stereocenters. The van der Waals surface area contributed by atoms with E-state index < -0.39 is 0 Å². The predicted octanol–water partition coefficient (Wildman–Crippen LogP) is 15.1. The first-order valence-corrected chi connectivity index (χ1v) is 21.1. The van der Waals surface area contributed by atoms with Crippen LogP contribution in [0.25, 0.3) is 74.1 Å². The minimum atomic E-state index is 0.0957. The maximum Gasteiger partial charge on any atom is 0.135 e. The number of hydrogen-bond donors (Lipinski definition) is 0. The average Bonchev–Trinajstić information content (AvgIpc) is 4.03. The average molecular weight is 767 g/mol. The number of para-hydroxylation sites is 1. The fraction of sp³-hybridized carbons (Fsp3) is 0.0385. The molecule has 0 amide bonds. The molecular formula is C52H34N2OS2. The van der Waals surface area contributed by atoms with Crippen molar-refractivity contribution in [2.45, 2.75) is 12.5 Å². The molecule has 0 N–H and O–H groups in total. The van der Waals surface area contributed by atoms with E-state index in [4.69, 9.17) is 4.74 Å². The van der Waals surface area contributed by atoms with E-state index in [-0.39, 0.29) is 6.10 Å². The molecule has 3 aromatic heterocycles. The number of hydrogen-bond acceptors (Lipinski definition) is 4. The van der Waals surface area contributed by atoms with Crippen LogP contribution < -0.4 is 9.64 Å². The number of nitrogens with zero attached hydrogens (tertiary/aromatic N) is 2. The Labute approximate surface area is 338 Å². The third-order valence-electron chi connectivity index (χ3n) is 11.5. The van der Waals surface area contributed by atoms with E-state index in [1.807, 2.05) is 22.7 Å². The summed E-state index contributed by atoms with van der Waals surface area (Å²) in [6.07, 6.45) is 7.54. The highest BCUT2D eigenvalue weighted by Gasteiger charge is 2.31. The zero-order valence-electron chi connectivity index (χ0n) is 30.8. The quantitative estimate of drug-likeness (QED) is 0.168. The lowest BCUT2D eigenvalue weighted by molar-refractivity contribution is 0.280. The molecule has 3 nitrogen and oxygen atoms in total. The van der Waals surface area contributed by atoms with E-state index in [1.54, 1.807) is 0 Å².